The van der Waals surface area contributed by atoms with Gasteiger partial charge >= 0.3 is 17.9 Å². The van der Waals surface area contributed by atoms with Crippen molar-refractivity contribution in [2.45, 2.75) is 122 Å². The van der Waals surface area contributed by atoms with E-state index in [2.05, 4.69) is 35.5 Å². The minimum Gasteiger partial charge on any atom is -0.477 e. The van der Waals surface area contributed by atoms with Crippen LogP contribution in [-0.4, -0.2) is 53.0 Å². The Morgan fingerprint density at radius 1 is 0.476 bits per heavy atom. The van der Waals surface area contributed by atoms with Crippen LogP contribution < -0.4 is 15.9 Å². The van der Waals surface area contributed by atoms with Crippen LogP contribution in [0.15, 0.2) is 84.9 Å². The summed E-state index contributed by atoms with van der Waals surface area (Å²) in [5, 5.41) is 31.0. The Morgan fingerprint density at radius 3 is 1.09 bits per heavy atom. The Hall–Kier alpha value is -5.29. The summed E-state index contributed by atoms with van der Waals surface area (Å²) in [6.07, 6.45) is 0.0805. The number of hydrogen-bond acceptors (Lipinski definition) is 12. The van der Waals surface area contributed by atoms with E-state index in [1.54, 1.807) is 75.4 Å². The number of aryl methyl sites for hydroxylation is 3. The number of carboxylic acids is 3. The third-order valence-electron chi connectivity index (χ3n) is 11.2. The van der Waals surface area contributed by atoms with Gasteiger partial charge in [0.15, 0.2) is 0 Å². The number of carboxylic acid groups (broad SMARTS) is 3. The second-order valence-corrected chi connectivity index (χ2v) is 33.0. The number of thiophene rings is 3. The smallest absolute Gasteiger partial charge is 0.346 e. The second kappa shape index (κ2) is 29.5. The van der Waals surface area contributed by atoms with Gasteiger partial charge in [-0.2, -0.15) is 0 Å². The van der Waals surface area contributed by atoms with Crippen LogP contribution in [-0.2, 0) is 45.8 Å². The number of aromatic carboxylic acids is 3. The molecule has 3 N–H and O–H groups in total. The first kappa shape index (κ1) is 69.2. The van der Waals surface area contributed by atoms with Crippen molar-refractivity contribution in [3.8, 4) is 35.5 Å². The molecule has 12 nitrogen and oxygen atoms in total. The molecule has 0 saturated carbocycles. The van der Waals surface area contributed by atoms with Crippen LogP contribution >= 0.6 is 67.7 Å². The lowest BCUT2D eigenvalue weighted by Crippen LogP contribution is -2.14. The molecule has 0 amide bonds. The lowest BCUT2D eigenvalue weighted by Gasteiger charge is -2.20. The monoisotopic (exact) mass is 1250 g/mol. The maximum atomic E-state index is 13.8. The largest absolute Gasteiger partial charge is 0.477 e. The van der Waals surface area contributed by atoms with Crippen molar-refractivity contribution in [3.63, 3.8) is 0 Å². The van der Waals surface area contributed by atoms with E-state index in [0.29, 0.717) is 52.3 Å². The first-order chi connectivity index (χ1) is 38.0. The van der Waals surface area contributed by atoms with Crippen molar-refractivity contribution in [1.29, 1.82) is 0 Å². The summed E-state index contributed by atoms with van der Waals surface area (Å²) in [4.78, 5) is 37.6. The number of carbonyl (C=O) groups is 3. The zero-order chi connectivity index (χ0) is 61.6. The zero-order valence-corrected chi connectivity index (χ0v) is 55.2. The van der Waals surface area contributed by atoms with Crippen molar-refractivity contribution < 1.29 is 57.0 Å². The van der Waals surface area contributed by atoms with Gasteiger partial charge in [0.1, 0.15) is 14.6 Å². The Morgan fingerprint density at radius 2 is 0.780 bits per heavy atom. The quantitative estimate of drug-likeness (QED) is 0.0546. The SMILES string of the molecule is CCOP(=O)(Cc1cc(C#CC(C)(C)C)sc1C(=O)O)c1ccc(C)cc1.CCOP(=O)(Cc1cc(C#CC(C)(C)C)sc1C(=O)O)c1ccc(C)cc1C.CCOP(=O)(Cc1cc(C#CC(C)(C)C)sc1C(=O)O)c1ccc(Cl)cc1. The Labute approximate surface area is 501 Å². The third-order valence-corrected chi connectivity index (χ3v) is 22.4. The van der Waals surface area contributed by atoms with Crippen LogP contribution in [0, 0.1) is 72.5 Å². The molecule has 3 aromatic carbocycles. The van der Waals surface area contributed by atoms with Crippen molar-refractivity contribution in [3.05, 3.63) is 153 Å². The summed E-state index contributed by atoms with van der Waals surface area (Å²) in [7, 11) is -9.77. The van der Waals surface area contributed by atoms with Crippen molar-refractivity contribution in [2.75, 3.05) is 19.8 Å². The molecule has 0 fully saturated rings. The molecule has 0 radical (unpaired) electrons. The normalized spacial score (nSPS) is 13.5. The molecule has 82 heavy (non-hydrogen) atoms. The molecule has 0 aliphatic heterocycles. The molecule has 6 rings (SSSR count). The van der Waals surface area contributed by atoms with E-state index in [-0.39, 0.29) is 69.2 Å². The maximum Gasteiger partial charge on any atom is 0.346 e. The molecule has 438 valence electrons. The minimum absolute atomic E-state index is 0.00218. The number of halogens is 1. The van der Waals surface area contributed by atoms with Crippen LogP contribution in [0.25, 0.3) is 0 Å². The van der Waals surface area contributed by atoms with Crippen LogP contribution in [0.1, 0.15) is 160 Å². The maximum absolute atomic E-state index is 13.8. The molecule has 0 bridgehead atoms. The molecule has 0 aliphatic rings. The van der Waals surface area contributed by atoms with Gasteiger partial charge in [-0.1, -0.05) is 82.5 Å². The average Bonchev–Trinajstić information content (AvgIpc) is 4.15. The van der Waals surface area contributed by atoms with Crippen LogP contribution in [0.3, 0.4) is 0 Å². The Bertz CT molecular complexity index is 3440. The molecule has 3 heterocycles. The first-order valence-electron chi connectivity index (χ1n) is 26.3. The molecular formula is C63H74ClO12P3S3. The fraction of sp³-hybridized carbons (Fsp3) is 0.381. The Balaban J connectivity index is 0.000000264. The molecule has 0 saturated heterocycles. The van der Waals surface area contributed by atoms with E-state index in [1.165, 1.54) is 0 Å². The van der Waals surface area contributed by atoms with Gasteiger partial charge < -0.3 is 28.9 Å². The molecule has 19 heteroatoms. The molecular weight excluding hydrogens is 1170 g/mol. The summed E-state index contributed by atoms with van der Waals surface area (Å²) < 4.78 is 57.8. The number of benzene rings is 3. The van der Waals surface area contributed by atoms with E-state index < -0.39 is 40.0 Å². The molecule has 0 spiro atoms. The highest BCUT2D eigenvalue weighted by molar-refractivity contribution is 7.67. The van der Waals surface area contributed by atoms with Gasteiger partial charge in [0, 0.05) is 37.2 Å². The van der Waals surface area contributed by atoms with Gasteiger partial charge in [0.25, 0.3) is 0 Å². The minimum atomic E-state index is -3.28. The highest BCUT2D eigenvalue weighted by Crippen LogP contribution is 2.53. The fourth-order valence-corrected chi connectivity index (χ4v) is 17.4. The van der Waals surface area contributed by atoms with Crippen molar-refractivity contribution in [2.24, 2.45) is 16.2 Å². The fourth-order valence-electron chi connectivity index (χ4n) is 7.66. The van der Waals surface area contributed by atoms with E-state index in [9.17, 15) is 43.4 Å². The van der Waals surface area contributed by atoms with Crippen molar-refractivity contribution >= 4 is 102 Å². The molecule has 0 aliphatic carbocycles. The summed E-state index contributed by atoms with van der Waals surface area (Å²) in [5.74, 6) is 15.3. The highest BCUT2D eigenvalue weighted by atomic mass is 35.5. The second-order valence-electron chi connectivity index (χ2n) is 22.2. The number of hydrogen-bond donors (Lipinski definition) is 3. The average molecular weight is 1250 g/mol. The highest BCUT2D eigenvalue weighted by Gasteiger charge is 2.33. The van der Waals surface area contributed by atoms with E-state index in [4.69, 9.17) is 25.2 Å². The van der Waals surface area contributed by atoms with Crippen LogP contribution in [0.4, 0.5) is 0 Å². The van der Waals surface area contributed by atoms with E-state index >= 15 is 0 Å². The molecule has 3 aromatic heterocycles. The predicted octanol–water partition coefficient (Wildman–Crippen LogP) is 16.5. The predicted molar refractivity (Wildman–Crippen MR) is 339 cm³/mol. The van der Waals surface area contributed by atoms with Gasteiger partial charge in [-0.15, -0.1) is 34.0 Å². The summed E-state index contributed by atoms with van der Waals surface area (Å²) >= 11 is 9.25. The van der Waals surface area contributed by atoms with Gasteiger partial charge in [-0.25, -0.2) is 14.4 Å². The molecule has 3 atom stereocenters. The topological polar surface area (TPSA) is 191 Å². The van der Waals surface area contributed by atoms with Gasteiger partial charge in [0.05, 0.1) is 52.9 Å². The summed E-state index contributed by atoms with van der Waals surface area (Å²) in [6, 6.07) is 24.8. The summed E-state index contributed by atoms with van der Waals surface area (Å²) in [5.41, 5.74) is 3.93. The first-order valence-corrected chi connectivity index (χ1v) is 34.6. The van der Waals surface area contributed by atoms with Gasteiger partial charge in [-0.3, -0.25) is 13.7 Å². The standard InChI is InChI=1S/C22H27O4PS.C21H25O4PS.C20H22ClO4PS/c1-7-26-27(25,19-9-8-15(2)12-16(19)3)14-17-13-18(10-11-22(4,5)6)28-20(17)21(23)24;1-6-25-26(24,17-9-7-15(2)8-10-17)14-16-13-18(11-12-21(3,4)5)27-19(16)20(22)23;1-5-25-26(24,16-8-6-15(21)7-9-16)13-14-12-17(10-11-20(2,3)4)27-18(14)19(22)23/h8-9,12-13H,7,14H2,1-6H3,(H,23,24);7-10,13H,6,14H2,1-5H3,(H,22,23);6-9,12H,5,13H2,1-4H3,(H,22,23). The van der Waals surface area contributed by atoms with Crippen LogP contribution in [0.5, 0.6) is 0 Å². The van der Waals surface area contributed by atoms with E-state index in [1.807, 2.05) is 113 Å². The van der Waals surface area contributed by atoms with Gasteiger partial charge in [0.2, 0.25) is 22.1 Å². The van der Waals surface area contributed by atoms with Crippen LogP contribution in [0.2, 0.25) is 5.02 Å². The zero-order valence-electron chi connectivity index (χ0n) is 49.3. The number of rotatable bonds is 18. The van der Waals surface area contributed by atoms with Gasteiger partial charge in [-0.05, 0) is 187 Å². The van der Waals surface area contributed by atoms with Crippen molar-refractivity contribution in [1.82, 2.24) is 0 Å². The van der Waals surface area contributed by atoms with E-state index in [0.717, 1.165) is 50.7 Å². The lowest BCUT2D eigenvalue weighted by atomic mass is 9.98. The lowest BCUT2D eigenvalue weighted by molar-refractivity contribution is 0.0690. The third kappa shape index (κ3) is 21.1. The molecule has 3 unspecified atom stereocenters. The molecule has 6 aromatic rings. The summed E-state index contributed by atoms with van der Waals surface area (Å²) in [6.45, 7) is 29.9. The Kier molecular flexibility index (Phi) is 24.9.